The molecule has 0 radical (unpaired) electrons. The van der Waals surface area contributed by atoms with Crippen molar-refractivity contribution in [3.8, 4) is 0 Å². The largest absolute Gasteiger partial charge is 0.453 e. The van der Waals surface area contributed by atoms with Crippen molar-refractivity contribution in [2.75, 3.05) is 26.5 Å². The van der Waals surface area contributed by atoms with E-state index in [0.29, 0.717) is 23.3 Å². The number of pyridine rings is 1. The monoisotopic (exact) mass is 498 g/mol. The van der Waals surface area contributed by atoms with E-state index in [0.717, 1.165) is 0 Å². The molecule has 0 aliphatic rings. The first kappa shape index (κ1) is 26.1. The SMILES string of the molecule is COC(=O)N[C@@H](CC/C=C/C(=O)N(C)C)C(=O)Nc1cccn(Cc2nc3ccc(F)cc3[nH]2)c1=O. The van der Waals surface area contributed by atoms with E-state index in [2.05, 4.69) is 25.3 Å². The normalized spacial score (nSPS) is 11.9. The summed E-state index contributed by atoms with van der Waals surface area (Å²) in [5.41, 5.74) is 0.563. The van der Waals surface area contributed by atoms with Crippen LogP contribution in [0.2, 0.25) is 0 Å². The van der Waals surface area contributed by atoms with Crippen LogP contribution in [0.15, 0.2) is 53.5 Å². The highest BCUT2D eigenvalue weighted by molar-refractivity contribution is 5.96. The van der Waals surface area contributed by atoms with E-state index in [4.69, 9.17) is 0 Å². The number of carbonyl (C=O) groups excluding carboxylic acids is 3. The minimum atomic E-state index is -1.02. The number of H-pyrrole nitrogens is 1. The number of methoxy groups -OCH3 is 1. The quantitative estimate of drug-likeness (QED) is 0.386. The van der Waals surface area contributed by atoms with Crippen LogP contribution < -0.4 is 16.2 Å². The number of benzene rings is 1. The summed E-state index contributed by atoms with van der Waals surface area (Å²) in [7, 11) is 4.40. The third kappa shape index (κ3) is 6.78. The number of allylic oxidation sites excluding steroid dienone is 1. The molecule has 1 aromatic carbocycles. The van der Waals surface area contributed by atoms with Crippen molar-refractivity contribution >= 4 is 34.6 Å². The van der Waals surface area contributed by atoms with Crippen molar-refractivity contribution in [3.63, 3.8) is 0 Å². The van der Waals surface area contributed by atoms with Gasteiger partial charge in [-0.15, -0.1) is 0 Å². The van der Waals surface area contributed by atoms with Crippen LogP contribution in [0.4, 0.5) is 14.9 Å². The molecule has 190 valence electrons. The Morgan fingerprint density at radius 3 is 2.78 bits per heavy atom. The number of amides is 3. The van der Waals surface area contributed by atoms with E-state index >= 15 is 0 Å². The van der Waals surface area contributed by atoms with Crippen molar-refractivity contribution < 1.29 is 23.5 Å². The Morgan fingerprint density at radius 2 is 2.06 bits per heavy atom. The summed E-state index contributed by atoms with van der Waals surface area (Å²) in [6.45, 7) is 0.0629. The molecule has 0 unspecified atom stereocenters. The molecule has 0 aliphatic heterocycles. The van der Waals surface area contributed by atoms with Crippen molar-refractivity contribution in [1.29, 1.82) is 0 Å². The predicted octanol–water partition coefficient (Wildman–Crippen LogP) is 2.00. The second-order valence-corrected chi connectivity index (χ2v) is 8.09. The fourth-order valence-electron chi connectivity index (χ4n) is 3.31. The van der Waals surface area contributed by atoms with Gasteiger partial charge in [0.1, 0.15) is 23.4 Å². The first-order valence-electron chi connectivity index (χ1n) is 11.0. The lowest BCUT2D eigenvalue weighted by atomic mass is 10.1. The lowest BCUT2D eigenvalue weighted by molar-refractivity contribution is -0.123. The highest BCUT2D eigenvalue weighted by atomic mass is 19.1. The van der Waals surface area contributed by atoms with E-state index < -0.39 is 29.4 Å². The minimum absolute atomic E-state index is 0.000325. The smallest absolute Gasteiger partial charge is 0.407 e. The number of anilines is 1. The van der Waals surface area contributed by atoms with Crippen LogP contribution in [0.1, 0.15) is 18.7 Å². The van der Waals surface area contributed by atoms with Gasteiger partial charge >= 0.3 is 6.09 Å². The molecule has 1 atom stereocenters. The number of aromatic nitrogens is 3. The maximum Gasteiger partial charge on any atom is 0.407 e. The maximum atomic E-state index is 13.4. The molecule has 0 saturated carbocycles. The predicted molar refractivity (Wildman–Crippen MR) is 131 cm³/mol. The van der Waals surface area contributed by atoms with Crippen LogP contribution >= 0.6 is 0 Å². The van der Waals surface area contributed by atoms with Crippen molar-refractivity contribution in [1.82, 2.24) is 24.8 Å². The fourth-order valence-corrected chi connectivity index (χ4v) is 3.31. The molecule has 3 N–H and O–H groups in total. The Balaban J connectivity index is 1.73. The lowest BCUT2D eigenvalue weighted by Gasteiger charge is -2.17. The van der Waals surface area contributed by atoms with Gasteiger partial charge in [-0.05, 0) is 49.2 Å². The van der Waals surface area contributed by atoms with Gasteiger partial charge in [-0.2, -0.15) is 0 Å². The highest BCUT2D eigenvalue weighted by Crippen LogP contribution is 2.13. The third-order valence-electron chi connectivity index (χ3n) is 5.21. The fraction of sp³-hybridized carbons (Fsp3) is 0.292. The minimum Gasteiger partial charge on any atom is -0.453 e. The molecule has 3 amide bonds. The number of fused-ring (bicyclic) bond motifs is 1. The second-order valence-electron chi connectivity index (χ2n) is 8.09. The standard InChI is InChI=1S/C24H27FN6O5/c1-30(2)21(32)9-5-4-7-17(29-24(35)36-3)22(33)28-18-8-6-12-31(23(18)34)14-20-26-16-11-10-15(25)13-19(16)27-20/h5-6,8-13,17H,4,7,14H2,1-3H3,(H,26,27)(H,28,33)(H,29,35)/b9-5+/t17-/m0/s1. The van der Waals surface area contributed by atoms with E-state index in [1.165, 1.54) is 53.1 Å². The van der Waals surface area contributed by atoms with Crippen molar-refractivity contribution in [2.24, 2.45) is 0 Å². The number of likely N-dealkylation sites (N-methyl/N-ethyl adjacent to an activating group) is 1. The third-order valence-corrected chi connectivity index (χ3v) is 5.21. The van der Waals surface area contributed by atoms with Crippen LogP contribution in [0.25, 0.3) is 11.0 Å². The topological polar surface area (TPSA) is 138 Å². The molecule has 0 fully saturated rings. The molecule has 12 heteroatoms. The van der Waals surface area contributed by atoms with Gasteiger partial charge < -0.3 is 29.8 Å². The molecule has 0 spiro atoms. The van der Waals surface area contributed by atoms with Crippen LogP contribution in [0.5, 0.6) is 0 Å². The zero-order chi connectivity index (χ0) is 26.2. The molecule has 36 heavy (non-hydrogen) atoms. The molecular weight excluding hydrogens is 471 g/mol. The summed E-state index contributed by atoms with van der Waals surface area (Å²) in [4.78, 5) is 58.0. The molecule has 0 saturated heterocycles. The van der Waals surface area contributed by atoms with E-state index in [1.807, 2.05) is 0 Å². The number of hydrogen-bond donors (Lipinski definition) is 3. The molecule has 2 heterocycles. The molecule has 0 aliphatic carbocycles. The van der Waals surface area contributed by atoms with E-state index in [1.54, 1.807) is 26.2 Å². The van der Waals surface area contributed by atoms with Crippen LogP contribution in [-0.4, -0.2) is 64.6 Å². The highest BCUT2D eigenvalue weighted by Gasteiger charge is 2.22. The summed E-state index contributed by atoms with van der Waals surface area (Å²) in [5.74, 6) is -0.807. The summed E-state index contributed by atoms with van der Waals surface area (Å²) in [6.07, 6.45) is 4.16. The number of nitrogens with one attached hydrogen (secondary N) is 3. The summed E-state index contributed by atoms with van der Waals surface area (Å²) in [5, 5.41) is 4.98. The van der Waals surface area contributed by atoms with Crippen LogP contribution in [0.3, 0.4) is 0 Å². The number of nitrogens with zero attached hydrogens (tertiary/aromatic N) is 3. The van der Waals surface area contributed by atoms with Gasteiger partial charge in [0.2, 0.25) is 11.8 Å². The summed E-state index contributed by atoms with van der Waals surface area (Å²) in [6, 6.07) is 6.14. The molecule has 3 rings (SSSR count). The first-order valence-corrected chi connectivity index (χ1v) is 11.0. The lowest BCUT2D eigenvalue weighted by Crippen LogP contribution is -2.44. The summed E-state index contributed by atoms with van der Waals surface area (Å²) < 4.78 is 19.4. The van der Waals surface area contributed by atoms with E-state index in [-0.39, 0.29) is 24.6 Å². The van der Waals surface area contributed by atoms with Gasteiger partial charge in [0, 0.05) is 20.3 Å². The summed E-state index contributed by atoms with van der Waals surface area (Å²) >= 11 is 0. The van der Waals surface area contributed by atoms with Gasteiger partial charge in [-0.3, -0.25) is 14.4 Å². The second kappa shape index (κ2) is 11.8. The number of imidazole rings is 1. The molecule has 0 bridgehead atoms. The maximum absolute atomic E-state index is 13.4. The number of rotatable bonds is 9. The zero-order valence-electron chi connectivity index (χ0n) is 20.1. The van der Waals surface area contributed by atoms with Gasteiger partial charge in [0.05, 0.1) is 24.7 Å². The van der Waals surface area contributed by atoms with Gasteiger partial charge in [0.15, 0.2) is 0 Å². The van der Waals surface area contributed by atoms with Crippen LogP contribution in [0, 0.1) is 5.82 Å². The molecule has 11 nitrogen and oxygen atoms in total. The number of alkyl carbamates (subject to hydrolysis) is 1. The van der Waals surface area contributed by atoms with Gasteiger partial charge in [-0.1, -0.05) is 6.08 Å². The number of hydrogen-bond acceptors (Lipinski definition) is 6. The van der Waals surface area contributed by atoms with Gasteiger partial charge in [-0.25, -0.2) is 14.2 Å². The average Bonchev–Trinajstić information content (AvgIpc) is 3.24. The average molecular weight is 499 g/mol. The van der Waals surface area contributed by atoms with Crippen molar-refractivity contribution in [2.45, 2.75) is 25.4 Å². The Bertz CT molecular complexity index is 1350. The van der Waals surface area contributed by atoms with Crippen LogP contribution in [-0.2, 0) is 20.9 Å². The Kier molecular flexibility index (Phi) is 8.55. The Morgan fingerprint density at radius 1 is 1.28 bits per heavy atom. The first-order chi connectivity index (χ1) is 17.2. The van der Waals surface area contributed by atoms with Crippen molar-refractivity contribution in [3.05, 3.63) is 70.7 Å². The number of ether oxygens (including phenoxy) is 1. The Labute approximate surface area is 206 Å². The zero-order valence-corrected chi connectivity index (χ0v) is 20.1. The Hall–Kier alpha value is -4.48. The molecule has 2 aromatic heterocycles. The number of halogens is 1. The molecular formula is C24H27FN6O5. The van der Waals surface area contributed by atoms with Gasteiger partial charge in [0.25, 0.3) is 5.56 Å². The number of carbonyl (C=O) groups is 3. The van der Waals surface area contributed by atoms with E-state index in [9.17, 15) is 23.6 Å². The molecule has 3 aromatic rings. The number of aromatic amines is 1.